The van der Waals surface area contributed by atoms with E-state index in [9.17, 15) is 19.0 Å². The summed E-state index contributed by atoms with van der Waals surface area (Å²) in [5.41, 5.74) is 0. The van der Waals surface area contributed by atoms with Crippen molar-refractivity contribution >= 4 is 19.8 Å². The van der Waals surface area contributed by atoms with Crippen LogP contribution >= 0.6 is 7.82 Å². The Morgan fingerprint density at radius 1 is 0.438 bits per heavy atom. The Hall–Kier alpha value is -2.03. The molecule has 73 heavy (non-hydrogen) atoms. The Bertz CT molecular complexity index is 1370. The number of carbonyl (C=O) groups is 2. The molecule has 2 unspecified atom stereocenters. The van der Waals surface area contributed by atoms with Crippen molar-refractivity contribution in [3.05, 3.63) is 48.6 Å². The van der Waals surface area contributed by atoms with Crippen molar-refractivity contribution < 1.29 is 42.1 Å². The molecular formula is C63H119NO8P+. The molecule has 0 radical (unpaired) electrons. The summed E-state index contributed by atoms with van der Waals surface area (Å²) in [7, 11) is 1.48. The molecule has 0 aromatic heterocycles. The number of nitrogens with zero attached hydrogens (tertiary/aromatic N) is 1. The third-order valence-corrected chi connectivity index (χ3v) is 14.6. The molecule has 0 bridgehead atoms. The van der Waals surface area contributed by atoms with Crippen LogP contribution in [0.4, 0.5) is 0 Å². The molecule has 0 spiro atoms. The zero-order valence-electron chi connectivity index (χ0n) is 48.6. The summed E-state index contributed by atoms with van der Waals surface area (Å²) < 4.78 is 34.6. The topological polar surface area (TPSA) is 108 Å². The number of phosphoric ester groups is 1. The predicted octanol–water partition coefficient (Wildman–Crippen LogP) is 19.3. The van der Waals surface area contributed by atoms with Crippen LogP contribution in [0.5, 0.6) is 0 Å². The normalized spacial score (nSPS) is 13.6. The van der Waals surface area contributed by atoms with Crippen LogP contribution in [0.15, 0.2) is 48.6 Å². The van der Waals surface area contributed by atoms with Gasteiger partial charge in [-0.2, -0.15) is 0 Å². The van der Waals surface area contributed by atoms with Crippen LogP contribution in [-0.4, -0.2) is 74.9 Å². The first-order valence-electron chi connectivity index (χ1n) is 30.9. The highest BCUT2D eigenvalue weighted by Gasteiger charge is 2.27. The molecule has 0 saturated carbocycles. The summed E-state index contributed by atoms with van der Waals surface area (Å²) in [5, 5.41) is 0. The lowest BCUT2D eigenvalue weighted by molar-refractivity contribution is -0.870. The Labute approximate surface area is 452 Å². The van der Waals surface area contributed by atoms with Gasteiger partial charge in [0.1, 0.15) is 19.8 Å². The smallest absolute Gasteiger partial charge is 0.462 e. The van der Waals surface area contributed by atoms with Crippen molar-refractivity contribution in [2.24, 2.45) is 0 Å². The van der Waals surface area contributed by atoms with E-state index < -0.39 is 26.5 Å². The molecular weight excluding hydrogens is 930 g/mol. The lowest BCUT2D eigenvalue weighted by atomic mass is 10.0. The standard InChI is InChI=1S/C63H118NO8P/c1-6-8-10-12-14-16-18-20-22-24-26-28-30-31-32-34-35-37-39-41-43-45-47-49-51-53-55-62(65)69-59-61(60-71-73(67,68)70-58-57-64(3,4)5)72-63(66)56-54-52-50-48-46-44-42-40-38-36-33-29-27-25-23-21-19-17-15-13-11-9-7-2/h9,11,15,17,21,23,27,29,61H,6-8,10,12-14,16,18-20,22,24-26,28,30-60H2,1-5H3/p+1/b11-9-,17-15-,23-21-,29-27-. The fraction of sp³-hybridized carbons (Fsp3) is 0.841. The Kier molecular flexibility index (Phi) is 53.2. The van der Waals surface area contributed by atoms with E-state index in [4.69, 9.17) is 18.5 Å². The number of quaternary nitrogens is 1. The maximum atomic E-state index is 12.8. The van der Waals surface area contributed by atoms with E-state index >= 15 is 0 Å². The second kappa shape index (κ2) is 54.7. The molecule has 0 amide bonds. The van der Waals surface area contributed by atoms with Gasteiger partial charge in [-0.25, -0.2) is 4.57 Å². The van der Waals surface area contributed by atoms with Crippen molar-refractivity contribution in [1.29, 1.82) is 0 Å². The van der Waals surface area contributed by atoms with Crippen LogP contribution in [0, 0.1) is 0 Å². The predicted molar refractivity (Wildman–Crippen MR) is 312 cm³/mol. The average Bonchev–Trinajstić information content (AvgIpc) is 3.35. The second-order valence-electron chi connectivity index (χ2n) is 22.1. The van der Waals surface area contributed by atoms with Crippen molar-refractivity contribution in [3.63, 3.8) is 0 Å². The monoisotopic (exact) mass is 1050 g/mol. The van der Waals surface area contributed by atoms with Gasteiger partial charge in [0.2, 0.25) is 0 Å². The Morgan fingerprint density at radius 2 is 0.781 bits per heavy atom. The van der Waals surface area contributed by atoms with Gasteiger partial charge < -0.3 is 18.9 Å². The molecule has 9 nitrogen and oxygen atoms in total. The molecule has 0 heterocycles. The van der Waals surface area contributed by atoms with Crippen LogP contribution in [0.25, 0.3) is 0 Å². The lowest BCUT2D eigenvalue weighted by Crippen LogP contribution is -2.37. The van der Waals surface area contributed by atoms with E-state index in [0.717, 1.165) is 70.6 Å². The van der Waals surface area contributed by atoms with Crippen molar-refractivity contribution in [3.8, 4) is 0 Å². The van der Waals surface area contributed by atoms with Crippen molar-refractivity contribution in [2.45, 2.75) is 296 Å². The van der Waals surface area contributed by atoms with E-state index in [0.29, 0.717) is 23.9 Å². The summed E-state index contributed by atoms with van der Waals surface area (Å²) in [6.07, 6.45) is 69.0. The number of phosphoric acid groups is 1. The van der Waals surface area contributed by atoms with E-state index in [1.54, 1.807) is 0 Å². The summed E-state index contributed by atoms with van der Waals surface area (Å²) in [6, 6.07) is 0. The minimum absolute atomic E-state index is 0.0314. The Balaban J connectivity index is 4.10. The second-order valence-corrected chi connectivity index (χ2v) is 23.5. The molecule has 0 rings (SSSR count). The first-order chi connectivity index (χ1) is 35.5. The highest BCUT2D eigenvalue weighted by Crippen LogP contribution is 2.43. The molecule has 0 saturated heterocycles. The third-order valence-electron chi connectivity index (χ3n) is 13.6. The zero-order valence-corrected chi connectivity index (χ0v) is 49.5. The SMILES string of the molecule is CC/C=C\C/C=C\C/C=C\C/C=C\CCCCCCCCCCCCC(=O)OC(COC(=O)CCCCCCCCCCCCCCCCCCCCCCCCCCCC)COP(=O)(O)OCC[N+](C)(C)C. The molecule has 428 valence electrons. The van der Waals surface area contributed by atoms with Gasteiger partial charge in [-0.3, -0.25) is 18.6 Å². The fourth-order valence-corrected chi connectivity index (χ4v) is 9.63. The van der Waals surface area contributed by atoms with Crippen LogP contribution in [-0.2, 0) is 32.7 Å². The van der Waals surface area contributed by atoms with E-state index in [-0.39, 0.29) is 25.6 Å². The van der Waals surface area contributed by atoms with Gasteiger partial charge >= 0.3 is 19.8 Å². The fourth-order valence-electron chi connectivity index (χ4n) is 8.89. The van der Waals surface area contributed by atoms with Crippen molar-refractivity contribution in [2.75, 3.05) is 47.5 Å². The van der Waals surface area contributed by atoms with E-state index in [1.165, 1.54) is 186 Å². The molecule has 0 aliphatic carbocycles. The Morgan fingerprint density at radius 3 is 1.16 bits per heavy atom. The molecule has 2 atom stereocenters. The molecule has 0 aromatic rings. The van der Waals surface area contributed by atoms with Gasteiger partial charge in [0.05, 0.1) is 27.7 Å². The summed E-state index contributed by atoms with van der Waals surface area (Å²) >= 11 is 0. The van der Waals surface area contributed by atoms with Gasteiger partial charge in [-0.15, -0.1) is 0 Å². The largest absolute Gasteiger partial charge is 0.472 e. The number of likely N-dealkylation sites (N-methyl/N-ethyl adjacent to an activating group) is 1. The van der Waals surface area contributed by atoms with E-state index in [2.05, 4.69) is 62.5 Å². The number of hydrogen-bond acceptors (Lipinski definition) is 7. The molecule has 0 aliphatic rings. The number of ether oxygens (including phenoxy) is 2. The average molecular weight is 1050 g/mol. The van der Waals surface area contributed by atoms with Gasteiger partial charge in [-0.05, 0) is 51.4 Å². The van der Waals surface area contributed by atoms with Crippen LogP contribution < -0.4 is 0 Å². The summed E-state index contributed by atoms with van der Waals surface area (Å²) in [4.78, 5) is 35.8. The van der Waals surface area contributed by atoms with E-state index in [1.807, 2.05) is 21.1 Å². The summed E-state index contributed by atoms with van der Waals surface area (Å²) in [5.74, 6) is -0.789. The minimum Gasteiger partial charge on any atom is -0.462 e. The first kappa shape index (κ1) is 71.0. The summed E-state index contributed by atoms with van der Waals surface area (Å²) in [6.45, 7) is 4.36. The highest BCUT2D eigenvalue weighted by atomic mass is 31.2. The highest BCUT2D eigenvalue weighted by molar-refractivity contribution is 7.47. The van der Waals surface area contributed by atoms with Gasteiger partial charge in [0.15, 0.2) is 6.10 Å². The van der Waals surface area contributed by atoms with Crippen LogP contribution in [0.2, 0.25) is 0 Å². The molecule has 10 heteroatoms. The molecule has 0 aromatic carbocycles. The van der Waals surface area contributed by atoms with Gasteiger partial charge in [0, 0.05) is 12.8 Å². The molecule has 0 aliphatic heterocycles. The number of carbonyl (C=O) groups excluding carboxylic acids is 2. The quantitative estimate of drug-likeness (QED) is 0.0211. The number of unbranched alkanes of at least 4 members (excludes halogenated alkanes) is 35. The van der Waals surface area contributed by atoms with Crippen LogP contribution in [0.3, 0.4) is 0 Å². The van der Waals surface area contributed by atoms with Gasteiger partial charge in [-0.1, -0.05) is 274 Å². The maximum Gasteiger partial charge on any atom is 0.472 e. The maximum absolute atomic E-state index is 12.8. The van der Waals surface area contributed by atoms with Crippen LogP contribution in [0.1, 0.15) is 290 Å². The van der Waals surface area contributed by atoms with Gasteiger partial charge in [0.25, 0.3) is 0 Å². The molecule has 0 fully saturated rings. The van der Waals surface area contributed by atoms with Crippen molar-refractivity contribution in [1.82, 2.24) is 0 Å². The zero-order chi connectivity index (χ0) is 53.5. The first-order valence-corrected chi connectivity index (χ1v) is 32.4. The minimum atomic E-state index is -4.39. The number of hydrogen-bond donors (Lipinski definition) is 1. The number of allylic oxidation sites excluding steroid dienone is 8. The third kappa shape index (κ3) is 59.1. The number of esters is 2. The number of rotatable bonds is 57. The lowest BCUT2D eigenvalue weighted by Gasteiger charge is -2.24. The molecule has 1 N–H and O–H groups in total.